The lowest BCUT2D eigenvalue weighted by atomic mass is 10.2. The summed E-state index contributed by atoms with van der Waals surface area (Å²) in [6, 6.07) is 3.40. The molecule has 0 saturated heterocycles. The molecule has 1 rings (SSSR count). The van der Waals surface area contributed by atoms with E-state index >= 15 is 0 Å². The summed E-state index contributed by atoms with van der Waals surface area (Å²) in [7, 11) is 1.74. The van der Waals surface area contributed by atoms with Crippen molar-refractivity contribution in [2.75, 3.05) is 18.9 Å². The predicted molar refractivity (Wildman–Crippen MR) is 74.0 cm³/mol. The Labute approximate surface area is 113 Å². The van der Waals surface area contributed by atoms with E-state index in [1.807, 2.05) is 13.8 Å². The Morgan fingerprint density at radius 2 is 2.11 bits per heavy atom. The molecule has 0 unspecified atom stereocenters. The predicted octanol–water partition coefficient (Wildman–Crippen LogP) is 0.768. The second kappa shape index (κ2) is 7.35. The van der Waals surface area contributed by atoms with Crippen LogP contribution in [0.3, 0.4) is 0 Å². The molecule has 1 aromatic heterocycles. The average molecular weight is 264 g/mol. The summed E-state index contributed by atoms with van der Waals surface area (Å²) < 4.78 is 0. The molecule has 0 atom stereocenters. The smallest absolute Gasteiger partial charge is 0.251 e. The summed E-state index contributed by atoms with van der Waals surface area (Å²) in [4.78, 5) is 27.2. The molecule has 0 aromatic carbocycles. The van der Waals surface area contributed by atoms with Gasteiger partial charge >= 0.3 is 0 Å². The molecule has 1 heterocycles. The number of anilines is 1. The van der Waals surface area contributed by atoms with Crippen molar-refractivity contribution < 1.29 is 9.59 Å². The van der Waals surface area contributed by atoms with Crippen molar-refractivity contribution in [1.82, 2.24) is 15.6 Å². The Kier molecular flexibility index (Phi) is 5.78. The summed E-state index contributed by atoms with van der Waals surface area (Å²) in [6.45, 7) is 4.11. The van der Waals surface area contributed by atoms with Gasteiger partial charge in [0.25, 0.3) is 5.91 Å². The molecule has 0 saturated carbocycles. The minimum atomic E-state index is -0.212. The molecule has 6 nitrogen and oxygen atoms in total. The molecule has 0 spiro atoms. The summed E-state index contributed by atoms with van der Waals surface area (Å²) in [5.41, 5.74) is 0.517. The van der Waals surface area contributed by atoms with Crippen molar-refractivity contribution in [3.05, 3.63) is 23.9 Å². The largest absolute Gasteiger partial charge is 0.373 e. The van der Waals surface area contributed by atoms with Gasteiger partial charge in [0, 0.05) is 37.8 Å². The topological polar surface area (TPSA) is 83.1 Å². The zero-order chi connectivity index (χ0) is 14.3. The van der Waals surface area contributed by atoms with Crippen molar-refractivity contribution in [3.8, 4) is 0 Å². The highest BCUT2D eigenvalue weighted by Gasteiger charge is 2.08. The van der Waals surface area contributed by atoms with Crippen LogP contribution in [-0.4, -0.2) is 36.4 Å². The molecular weight excluding hydrogens is 244 g/mol. The first kappa shape index (κ1) is 14.9. The third-order valence-corrected chi connectivity index (χ3v) is 2.37. The fourth-order valence-electron chi connectivity index (χ4n) is 1.49. The summed E-state index contributed by atoms with van der Waals surface area (Å²) in [5, 5.41) is 8.33. The van der Waals surface area contributed by atoms with Crippen molar-refractivity contribution >= 4 is 17.6 Å². The first-order chi connectivity index (χ1) is 9.02. The lowest BCUT2D eigenvalue weighted by Gasteiger charge is -2.09. The zero-order valence-corrected chi connectivity index (χ0v) is 11.5. The molecule has 3 N–H and O–H groups in total. The summed E-state index contributed by atoms with van der Waals surface area (Å²) in [5.74, 6) is 0.349. The maximum Gasteiger partial charge on any atom is 0.251 e. The minimum absolute atomic E-state index is 0.0686. The van der Waals surface area contributed by atoms with Gasteiger partial charge in [-0.1, -0.05) is 0 Å². The maximum atomic E-state index is 11.8. The first-order valence-electron chi connectivity index (χ1n) is 6.24. The number of carbonyl (C=O) groups is 2. The van der Waals surface area contributed by atoms with Crippen LogP contribution in [0, 0.1) is 0 Å². The van der Waals surface area contributed by atoms with E-state index in [1.54, 1.807) is 25.4 Å². The molecule has 19 heavy (non-hydrogen) atoms. The number of nitrogens with one attached hydrogen (secondary N) is 3. The zero-order valence-electron chi connectivity index (χ0n) is 11.5. The number of carbonyl (C=O) groups excluding carboxylic acids is 2. The van der Waals surface area contributed by atoms with E-state index in [2.05, 4.69) is 20.9 Å². The normalized spacial score (nSPS) is 10.1. The molecule has 6 heteroatoms. The Bertz CT molecular complexity index is 446. The quantitative estimate of drug-likeness (QED) is 0.708. The van der Waals surface area contributed by atoms with Crippen molar-refractivity contribution in [3.63, 3.8) is 0 Å². The van der Waals surface area contributed by atoms with Crippen LogP contribution >= 0.6 is 0 Å². The standard InChI is InChI=1S/C13H20N4O2/c1-9(2)17-12(18)5-7-16-13(19)10-4-6-15-11(8-10)14-3/h4,6,8-9H,5,7H2,1-3H3,(H,14,15)(H,16,19)(H,17,18). The van der Waals surface area contributed by atoms with E-state index in [9.17, 15) is 9.59 Å². The minimum Gasteiger partial charge on any atom is -0.373 e. The summed E-state index contributed by atoms with van der Waals surface area (Å²) >= 11 is 0. The number of hydrogen-bond donors (Lipinski definition) is 3. The molecule has 0 aliphatic heterocycles. The lowest BCUT2D eigenvalue weighted by molar-refractivity contribution is -0.121. The van der Waals surface area contributed by atoms with Gasteiger partial charge in [0.15, 0.2) is 0 Å². The van der Waals surface area contributed by atoms with Crippen molar-refractivity contribution in [1.29, 1.82) is 0 Å². The van der Waals surface area contributed by atoms with Gasteiger partial charge in [-0.25, -0.2) is 4.98 Å². The third-order valence-electron chi connectivity index (χ3n) is 2.37. The average Bonchev–Trinajstić information content (AvgIpc) is 2.37. The molecule has 0 aliphatic rings. The van der Waals surface area contributed by atoms with Gasteiger partial charge in [-0.3, -0.25) is 9.59 Å². The molecule has 0 aliphatic carbocycles. The Morgan fingerprint density at radius 3 is 2.74 bits per heavy atom. The van der Waals surface area contributed by atoms with E-state index in [4.69, 9.17) is 0 Å². The van der Waals surface area contributed by atoms with Crippen LogP contribution in [0.2, 0.25) is 0 Å². The molecule has 0 fully saturated rings. The van der Waals surface area contributed by atoms with Crippen LogP contribution in [-0.2, 0) is 4.79 Å². The van der Waals surface area contributed by atoms with Gasteiger partial charge < -0.3 is 16.0 Å². The van der Waals surface area contributed by atoms with E-state index in [0.29, 0.717) is 17.9 Å². The maximum absolute atomic E-state index is 11.8. The van der Waals surface area contributed by atoms with E-state index in [0.717, 1.165) is 0 Å². The number of pyridine rings is 1. The number of rotatable bonds is 6. The number of aromatic nitrogens is 1. The van der Waals surface area contributed by atoms with Crippen LogP contribution in [0.15, 0.2) is 18.3 Å². The highest BCUT2D eigenvalue weighted by atomic mass is 16.2. The van der Waals surface area contributed by atoms with Gasteiger partial charge in [0.2, 0.25) is 5.91 Å². The SMILES string of the molecule is CNc1cc(C(=O)NCCC(=O)NC(C)C)ccn1. The lowest BCUT2D eigenvalue weighted by Crippen LogP contribution is -2.34. The monoisotopic (exact) mass is 264 g/mol. The molecule has 2 amide bonds. The Balaban J connectivity index is 2.40. The second-order valence-corrected chi connectivity index (χ2v) is 4.41. The second-order valence-electron chi connectivity index (χ2n) is 4.41. The van der Waals surface area contributed by atoms with Gasteiger partial charge in [0.1, 0.15) is 5.82 Å². The van der Waals surface area contributed by atoms with Gasteiger partial charge in [0.05, 0.1) is 0 Å². The molecule has 104 valence electrons. The molecule has 0 bridgehead atoms. The van der Waals surface area contributed by atoms with Gasteiger partial charge in [-0.2, -0.15) is 0 Å². The van der Waals surface area contributed by atoms with E-state index in [-0.39, 0.29) is 24.3 Å². The molecule has 0 radical (unpaired) electrons. The summed E-state index contributed by atoms with van der Waals surface area (Å²) in [6.07, 6.45) is 1.83. The number of nitrogens with zero attached hydrogens (tertiary/aromatic N) is 1. The van der Waals surface area contributed by atoms with Crippen LogP contribution in [0.5, 0.6) is 0 Å². The van der Waals surface area contributed by atoms with Crippen molar-refractivity contribution in [2.24, 2.45) is 0 Å². The fraction of sp³-hybridized carbons (Fsp3) is 0.462. The van der Waals surface area contributed by atoms with Gasteiger partial charge in [-0.15, -0.1) is 0 Å². The van der Waals surface area contributed by atoms with Gasteiger partial charge in [-0.05, 0) is 26.0 Å². The Morgan fingerprint density at radius 1 is 1.37 bits per heavy atom. The van der Waals surface area contributed by atoms with Crippen LogP contribution in [0.25, 0.3) is 0 Å². The highest BCUT2D eigenvalue weighted by Crippen LogP contribution is 2.05. The van der Waals surface area contributed by atoms with Crippen LogP contribution in [0.4, 0.5) is 5.82 Å². The third kappa shape index (κ3) is 5.37. The van der Waals surface area contributed by atoms with Crippen LogP contribution in [0.1, 0.15) is 30.6 Å². The highest BCUT2D eigenvalue weighted by molar-refractivity contribution is 5.95. The Hall–Kier alpha value is -2.11. The number of hydrogen-bond acceptors (Lipinski definition) is 4. The van der Waals surface area contributed by atoms with Crippen molar-refractivity contribution in [2.45, 2.75) is 26.3 Å². The van der Waals surface area contributed by atoms with Crippen LogP contribution < -0.4 is 16.0 Å². The number of amides is 2. The molecular formula is C13H20N4O2. The van der Waals surface area contributed by atoms with E-state index < -0.39 is 0 Å². The fourth-order valence-corrected chi connectivity index (χ4v) is 1.49. The first-order valence-corrected chi connectivity index (χ1v) is 6.24. The van der Waals surface area contributed by atoms with E-state index in [1.165, 1.54) is 0 Å². The molecule has 1 aromatic rings.